The van der Waals surface area contributed by atoms with E-state index in [0.29, 0.717) is 0 Å². The average molecular weight is 330 g/mol. The zero-order valence-electron chi connectivity index (χ0n) is 13.5. The second-order valence-corrected chi connectivity index (χ2v) is 7.76. The van der Waals surface area contributed by atoms with Crippen LogP contribution in [-0.4, -0.2) is 29.0 Å². The van der Waals surface area contributed by atoms with Crippen molar-refractivity contribution < 1.29 is 14.3 Å². The molecule has 4 bridgehead atoms. The Balaban J connectivity index is 1.33. The van der Waals surface area contributed by atoms with Crippen LogP contribution in [0.15, 0.2) is 23.1 Å². The maximum Gasteiger partial charge on any atom is 0.340 e. The Morgan fingerprint density at radius 1 is 1.12 bits per heavy atom. The number of carbonyl (C=O) groups excluding carboxylic acids is 2. The van der Waals surface area contributed by atoms with E-state index in [0.717, 1.165) is 37.0 Å². The molecule has 4 saturated carbocycles. The van der Waals surface area contributed by atoms with Crippen LogP contribution in [0.1, 0.15) is 48.9 Å². The molecule has 2 N–H and O–H groups in total. The minimum absolute atomic E-state index is 0.0732. The number of amides is 1. The van der Waals surface area contributed by atoms with Gasteiger partial charge in [-0.15, -0.1) is 0 Å². The number of aromatic amines is 1. The van der Waals surface area contributed by atoms with Gasteiger partial charge in [0.15, 0.2) is 6.61 Å². The SMILES string of the molecule is O=C(COC(=O)c1ccc(=O)[nH]c1)NC12CC3CC(CC(C3)C1)C2. The van der Waals surface area contributed by atoms with E-state index in [1.807, 2.05) is 0 Å². The van der Waals surface area contributed by atoms with Crippen molar-refractivity contribution in [2.75, 3.05) is 6.61 Å². The van der Waals surface area contributed by atoms with Crippen molar-refractivity contribution in [1.82, 2.24) is 10.3 Å². The van der Waals surface area contributed by atoms with Crippen molar-refractivity contribution in [3.63, 3.8) is 0 Å². The lowest BCUT2D eigenvalue weighted by molar-refractivity contribution is -0.130. The lowest BCUT2D eigenvalue weighted by atomic mass is 9.53. The third kappa shape index (κ3) is 2.97. The molecule has 0 aliphatic heterocycles. The van der Waals surface area contributed by atoms with Crippen LogP contribution >= 0.6 is 0 Å². The summed E-state index contributed by atoms with van der Waals surface area (Å²) in [6.45, 7) is -0.278. The van der Waals surface area contributed by atoms with Gasteiger partial charge in [0, 0.05) is 17.8 Å². The number of ether oxygens (including phenoxy) is 1. The zero-order chi connectivity index (χ0) is 16.7. The van der Waals surface area contributed by atoms with E-state index in [9.17, 15) is 14.4 Å². The molecular formula is C18H22N2O4. The van der Waals surface area contributed by atoms with Crippen LogP contribution < -0.4 is 10.9 Å². The Labute approximate surface area is 140 Å². The topological polar surface area (TPSA) is 88.3 Å². The van der Waals surface area contributed by atoms with Crippen molar-refractivity contribution in [2.24, 2.45) is 17.8 Å². The Bertz CT molecular complexity index is 668. The number of nitrogens with one attached hydrogen (secondary N) is 2. The predicted molar refractivity (Wildman–Crippen MR) is 86.4 cm³/mol. The van der Waals surface area contributed by atoms with Gasteiger partial charge in [-0.05, 0) is 62.3 Å². The molecule has 0 spiro atoms. The van der Waals surface area contributed by atoms with Crippen LogP contribution in [0, 0.1) is 17.8 Å². The minimum Gasteiger partial charge on any atom is -0.452 e. The van der Waals surface area contributed by atoms with Crippen molar-refractivity contribution in [3.8, 4) is 0 Å². The first-order chi connectivity index (χ1) is 11.5. The summed E-state index contributed by atoms with van der Waals surface area (Å²) in [5.41, 5.74) is -0.126. The highest BCUT2D eigenvalue weighted by molar-refractivity contribution is 5.91. The van der Waals surface area contributed by atoms with Gasteiger partial charge < -0.3 is 15.0 Å². The Morgan fingerprint density at radius 3 is 2.29 bits per heavy atom. The second-order valence-electron chi connectivity index (χ2n) is 7.76. The summed E-state index contributed by atoms with van der Waals surface area (Å²) in [5.74, 6) is 1.42. The van der Waals surface area contributed by atoms with Crippen molar-refractivity contribution >= 4 is 11.9 Å². The largest absolute Gasteiger partial charge is 0.452 e. The standard InChI is InChI=1S/C18H22N2O4/c21-15-2-1-14(9-19-15)17(23)24-10-16(22)20-18-6-11-3-12(7-18)5-13(4-11)8-18/h1-2,9,11-13H,3-8,10H2,(H,19,21)(H,20,22). The third-order valence-electron chi connectivity index (χ3n) is 5.80. The van der Waals surface area contributed by atoms with Gasteiger partial charge in [0.1, 0.15) is 0 Å². The van der Waals surface area contributed by atoms with E-state index in [4.69, 9.17) is 4.74 Å². The molecule has 6 heteroatoms. The van der Waals surface area contributed by atoms with E-state index in [1.165, 1.54) is 37.6 Å². The van der Waals surface area contributed by atoms with E-state index < -0.39 is 5.97 Å². The molecule has 4 aliphatic carbocycles. The number of pyridine rings is 1. The number of carbonyl (C=O) groups is 2. The minimum atomic E-state index is -0.605. The Morgan fingerprint density at radius 2 is 1.75 bits per heavy atom. The number of H-pyrrole nitrogens is 1. The highest BCUT2D eigenvalue weighted by Gasteiger charge is 2.51. The first kappa shape index (κ1) is 15.4. The van der Waals surface area contributed by atoms with Crippen LogP contribution in [0.3, 0.4) is 0 Å². The second kappa shape index (κ2) is 5.76. The third-order valence-corrected chi connectivity index (χ3v) is 5.80. The van der Waals surface area contributed by atoms with Crippen LogP contribution in [-0.2, 0) is 9.53 Å². The first-order valence-electron chi connectivity index (χ1n) is 8.68. The van der Waals surface area contributed by atoms with Gasteiger partial charge >= 0.3 is 5.97 Å². The van der Waals surface area contributed by atoms with Gasteiger partial charge in [0.05, 0.1) is 5.56 Å². The van der Waals surface area contributed by atoms with Crippen LogP contribution in [0.25, 0.3) is 0 Å². The molecule has 4 fully saturated rings. The van der Waals surface area contributed by atoms with Gasteiger partial charge in [-0.2, -0.15) is 0 Å². The molecule has 0 saturated heterocycles. The normalized spacial score (nSPS) is 33.2. The molecule has 4 aliphatic rings. The summed E-state index contributed by atoms with van der Waals surface area (Å²) >= 11 is 0. The molecule has 0 aromatic carbocycles. The van der Waals surface area contributed by atoms with Crippen molar-refractivity contribution in [3.05, 3.63) is 34.2 Å². The van der Waals surface area contributed by atoms with Crippen molar-refractivity contribution in [2.45, 2.75) is 44.1 Å². The van der Waals surface area contributed by atoms with Gasteiger partial charge in [0.25, 0.3) is 5.91 Å². The number of esters is 1. The smallest absolute Gasteiger partial charge is 0.340 e. The van der Waals surface area contributed by atoms with E-state index in [1.54, 1.807) is 0 Å². The molecule has 1 heterocycles. The molecule has 5 rings (SSSR count). The summed E-state index contributed by atoms with van der Waals surface area (Å²) in [6, 6.07) is 2.64. The summed E-state index contributed by atoms with van der Waals surface area (Å²) in [7, 11) is 0. The monoisotopic (exact) mass is 330 g/mol. The van der Waals surface area contributed by atoms with Crippen LogP contribution in [0.4, 0.5) is 0 Å². The van der Waals surface area contributed by atoms with Gasteiger partial charge in [-0.25, -0.2) is 4.79 Å². The van der Waals surface area contributed by atoms with E-state index in [2.05, 4.69) is 10.3 Å². The first-order valence-corrected chi connectivity index (χ1v) is 8.68. The Kier molecular flexibility index (Phi) is 3.70. The summed E-state index contributed by atoms with van der Waals surface area (Å²) in [6.07, 6.45) is 8.44. The van der Waals surface area contributed by atoms with Crippen LogP contribution in [0.5, 0.6) is 0 Å². The van der Waals surface area contributed by atoms with Crippen molar-refractivity contribution in [1.29, 1.82) is 0 Å². The zero-order valence-corrected chi connectivity index (χ0v) is 13.5. The highest BCUT2D eigenvalue weighted by Crippen LogP contribution is 2.55. The molecule has 24 heavy (non-hydrogen) atoms. The summed E-state index contributed by atoms with van der Waals surface area (Å²) in [5, 5.41) is 3.17. The number of hydrogen-bond donors (Lipinski definition) is 2. The quantitative estimate of drug-likeness (QED) is 0.821. The molecule has 1 aromatic heterocycles. The predicted octanol–water partition coefficient (Wildman–Crippen LogP) is 1.62. The van der Waals surface area contributed by atoms with Gasteiger partial charge in [-0.1, -0.05) is 0 Å². The molecular weight excluding hydrogens is 308 g/mol. The summed E-state index contributed by atoms with van der Waals surface area (Å²) in [4.78, 5) is 37.6. The lowest BCUT2D eigenvalue weighted by Crippen LogP contribution is -2.60. The molecule has 0 atom stereocenters. The number of rotatable bonds is 4. The lowest BCUT2D eigenvalue weighted by Gasteiger charge is -2.56. The fourth-order valence-corrected chi connectivity index (χ4v) is 5.35. The molecule has 128 valence electrons. The molecule has 6 nitrogen and oxygen atoms in total. The van der Waals surface area contributed by atoms with Gasteiger partial charge in [-0.3, -0.25) is 9.59 Å². The van der Waals surface area contributed by atoms with E-state index >= 15 is 0 Å². The molecule has 0 radical (unpaired) electrons. The fourth-order valence-electron chi connectivity index (χ4n) is 5.35. The fraction of sp³-hybridized carbons (Fsp3) is 0.611. The Hall–Kier alpha value is -2.11. The molecule has 0 unspecified atom stereocenters. The number of aromatic nitrogens is 1. The maximum absolute atomic E-state index is 12.3. The maximum atomic E-state index is 12.3. The summed E-state index contributed by atoms with van der Waals surface area (Å²) < 4.78 is 5.07. The van der Waals surface area contributed by atoms with E-state index in [-0.39, 0.29) is 29.2 Å². The molecule has 1 aromatic rings. The van der Waals surface area contributed by atoms with Gasteiger partial charge in [0.2, 0.25) is 5.56 Å². The van der Waals surface area contributed by atoms with Crippen LogP contribution in [0.2, 0.25) is 0 Å². The average Bonchev–Trinajstić information content (AvgIpc) is 2.51. The highest BCUT2D eigenvalue weighted by atomic mass is 16.5. The molecule has 1 amide bonds. The number of hydrogen-bond acceptors (Lipinski definition) is 4.